The Morgan fingerprint density at radius 2 is 1.88 bits per heavy atom. The van der Waals surface area contributed by atoms with E-state index in [1.54, 1.807) is 13.8 Å². The molecule has 1 saturated heterocycles. The van der Waals surface area contributed by atoms with Gasteiger partial charge < -0.3 is 16.0 Å². The van der Waals surface area contributed by atoms with Crippen LogP contribution in [0.3, 0.4) is 0 Å². The third-order valence-electron chi connectivity index (χ3n) is 4.51. The molecule has 2 rings (SSSR count). The summed E-state index contributed by atoms with van der Waals surface area (Å²) in [6, 6.07) is 2.43. The van der Waals surface area contributed by atoms with E-state index in [0.717, 1.165) is 31.5 Å². The van der Waals surface area contributed by atoms with Gasteiger partial charge in [0.25, 0.3) is 5.91 Å². The smallest absolute Gasteiger partial charge is 0.257 e. The fourth-order valence-corrected chi connectivity index (χ4v) is 2.98. The van der Waals surface area contributed by atoms with Crippen LogP contribution < -0.4 is 16.0 Å². The molecule has 1 heterocycles. The van der Waals surface area contributed by atoms with Crippen molar-refractivity contribution in [3.8, 4) is 0 Å². The van der Waals surface area contributed by atoms with E-state index in [4.69, 9.17) is 0 Å². The molecule has 3 unspecified atom stereocenters. The average Bonchev–Trinajstić information content (AvgIpc) is 2.54. The third-order valence-corrected chi connectivity index (χ3v) is 4.51. The van der Waals surface area contributed by atoms with E-state index >= 15 is 0 Å². The summed E-state index contributed by atoms with van der Waals surface area (Å²) in [5.41, 5.74) is -0.673. The van der Waals surface area contributed by atoms with Crippen molar-refractivity contribution in [1.29, 1.82) is 0 Å². The molecule has 1 aliphatic heterocycles. The number of carbonyl (C=O) groups excluding carboxylic acids is 2. The number of nitrogens with one attached hydrogen (secondary N) is 3. The number of piperidine rings is 1. The van der Waals surface area contributed by atoms with Crippen molar-refractivity contribution >= 4 is 11.8 Å². The predicted molar refractivity (Wildman–Crippen MR) is 91.1 cm³/mol. The first-order valence-electron chi connectivity index (χ1n) is 8.60. The number of rotatable bonds is 5. The Morgan fingerprint density at radius 3 is 2.44 bits per heavy atom. The Hall–Kier alpha value is -2.02. The minimum absolute atomic E-state index is 0.0374. The molecule has 3 N–H and O–H groups in total. The van der Waals surface area contributed by atoms with Crippen LogP contribution in [-0.4, -0.2) is 36.5 Å². The highest BCUT2D eigenvalue weighted by Crippen LogP contribution is 2.14. The predicted octanol–water partition coefficient (Wildman–Crippen LogP) is 1.98. The molecule has 1 aromatic carbocycles. The number of hydrogen-bond donors (Lipinski definition) is 3. The van der Waals surface area contributed by atoms with Crippen LogP contribution in [-0.2, 0) is 4.79 Å². The molecule has 3 atom stereocenters. The van der Waals surface area contributed by atoms with Gasteiger partial charge >= 0.3 is 0 Å². The Bertz CT molecular complexity index is 616. The van der Waals surface area contributed by atoms with Crippen molar-refractivity contribution in [3.05, 3.63) is 35.4 Å². The number of hydrogen-bond acceptors (Lipinski definition) is 3. The van der Waals surface area contributed by atoms with Crippen LogP contribution in [0.5, 0.6) is 0 Å². The van der Waals surface area contributed by atoms with Gasteiger partial charge in [-0.05, 0) is 44.4 Å². The normalized spacial score (nSPS) is 21.7. The van der Waals surface area contributed by atoms with Gasteiger partial charge in [0.2, 0.25) is 5.91 Å². The maximum atomic E-state index is 13.8. The van der Waals surface area contributed by atoms with Gasteiger partial charge in [-0.15, -0.1) is 0 Å². The van der Waals surface area contributed by atoms with E-state index in [0.29, 0.717) is 0 Å². The zero-order chi connectivity index (χ0) is 18.6. The van der Waals surface area contributed by atoms with Gasteiger partial charge in [0.1, 0.15) is 23.2 Å². The molecule has 138 valence electrons. The SMILES string of the molecule is CC(C)C(NC(=O)c1c(F)cccc1F)C(=O)NC1CCCNC1C. The maximum Gasteiger partial charge on any atom is 0.257 e. The zero-order valence-corrected chi connectivity index (χ0v) is 14.7. The fourth-order valence-electron chi connectivity index (χ4n) is 2.98. The van der Waals surface area contributed by atoms with Crippen molar-refractivity contribution in [2.75, 3.05) is 6.54 Å². The first-order chi connectivity index (χ1) is 11.8. The molecular weight excluding hydrogens is 328 g/mol. The molecule has 0 aliphatic carbocycles. The number of carbonyl (C=O) groups is 2. The molecule has 1 fully saturated rings. The van der Waals surface area contributed by atoms with Crippen molar-refractivity contribution in [2.45, 2.75) is 51.7 Å². The first kappa shape index (κ1) is 19.3. The van der Waals surface area contributed by atoms with Gasteiger partial charge in [-0.3, -0.25) is 9.59 Å². The van der Waals surface area contributed by atoms with E-state index in [9.17, 15) is 18.4 Å². The maximum absolute atomic E-state index is 13.8. The summed E-state index contributed by atoms with van der Waals surface area (Å²) in [6.07, 6.45) is 1.80. The van der Waals surface area contributed by atoms with Crippen LogP contribution in [0, 0.1) is 17.6 Å². The number of halogens is 2. The summed E-state index contributed by atoms with van der Waals surface area (Å²) >= 11 is 0. The lowest BCUT2D eigenvalue weighted by Gasteiger charge is -2.32. The molecule has 2 amide bonds. The highest BCUT2D eigenvalue weighted by molar-refractivity contribution is 5.98. The van der Waals surface area contributed by atoms with E-state index in [2.05, 4.69) is 16.0 Å². The highest BCUT2D eigenvalue weighted by atomic mass is 19.1. The molecule has 1 aromatic rings. The van der Waals surface area contributed by atoms with Crippen molar-refractivity contribution in [1.82, 2.24) is 16.0 Å². The molecule has 25 heavy (non-hydrogen) atoms. The Labute approximate surface area is 146 Å². The van der Waals surface area contributed by atoms with Gasteiger partial charge in [-0.1, -0.05) is 19.9 Å². The lowest BCUT2D eigenvalue weighted by molar-refractivity contribution is -0.125. The minimum atomic E-state index is -0.953. The lowest BCUT2D eigenvalue weighted by atomic mass is 9.97. The number of amides is 2. The average molecular weight is 353 g/mol. The van der Waals surface area contributed by atoms with Crippen LogP contribution in [0.2, 0.25) is 0 Å². The topological polar surface area (TPSA) is 70.2 Å². The summed E-state index contributed by atoms with van der Waals surface area (Å²) in [5.74, 6) is -3.42. The highest BCUT2D eigenvalue weighted by Gasteiger charge is 2.30. The van der Waals surface area contributed by atoms with Crippen LogP contribution in [0.4, 0.5) is 8.78 Å². The Balaban J connectivity index is 2.09. The van der Waals surface area contributed by atoms with Crippen molar-refractivity contribution in [2.24, 2.45) is 5.92 Å². The van der Waals surface area contributed by atoms with Crippen LogP contribution in [0.15, 0.2) is 18.2 Å². The Kier molecular flexibility index (Phi) is 6.47. The largest absolute Gasteiger partial charge is 0.350 e. The van der Waals surface area contributed by atoms with Crippen molar-refractivity contribution in [3.63, 3.8) is 0 Å². The summed E-state index contributed by atoms with van der Waals surface area (Å²) < 4.78 is 27.5. The van der Waals surface area contributed by atoms with Crippen LogP contribution in [0.1, 0.15) is 44.0 Å². The monoisotopic (exact) mass is 353 g/mol. The molecule has 1 aliphatic rings. The van der Waals surface area contributed by atoms with Gasteiger partial charge in [0.05, 0.1) is 0 Å². The van der Waals surface area contributed by atoms with E-state index in [1.165, 1.54) is 6.07 Å². The quantitative estimate of drug-likeness (QED) is 0.758. The lowest BCUT2D eigenvalue weighted by Crippen LogP contribution is -2.57. The molecule has 0 radical (unpaired) electrons. The number of benzene rings is 1. The summed E-state index contributed by atoms with van der Waals surface area (Å²) in [4.78, 5) is 24.9. The van der Waals surface area contributed by atoms with E-state index < -0.39 is 29.1 Å². The summed E-state index contributed by atoms with van der Waals surface area (Å²) in [6.45, 7) is 6.43. The van der Waals surface area contributed by atoms with E-state index in [-0.39, 0.29) is 23.9 Å². The molecular formula is C18H25F2N3O2. The minimum Gasteiger partial charge on any atom is -0.350 e. The van der Waals surface area contributed by atoms with E-state index in [1.807, 2.05) is 6.92 Å². The fraction of sp³-hybridized carbons (Fsp3) is 0.556. The first-order valence-corrected chi connectivity index (χ1v) is 8.60. The molecule has 0 saturated carbocycles. The molecule has 5 nitrogen and oxygen atoms in total. The van der Waals surface area contributed by atoms with Gasteiger partial charge in [0.15, 0.2) is 0 Å². The molecule has 7 heteroatoms. The standard InChI is InChI=1S/C18H25F2N3O2/c1-10(2)16(18(25)22-14-8-5-9-21-11(14)3)23-17(24)15-12(19)6-4-7-13(15)20/h4,6-7,10-11,14,16,21H,5,8-9H2,1-3H3,(H,22,25)(H,23,24). The van der Waals surface area contributed by atoms with Crippen molar-refractivity contribution < 1.29 is 18.4 Å². The second-order valence-electron chi connectivity index (χ2n) is 6.79. The third kappa shape index (κ3) is 4.75. The second kappa shape index (κ2) is 8.38. The van der Waals surface area contributed by atoms with Gasteiger partial charge in [-0.2, -0.15) is 0 Å². The molecule has 0 aromatic heterocycles. The Morgan fingerprint density at radius 1 is 1.24 bits per heavy atom. The summed E-state index contributed by atoms with van der Waals surface area (Å²) in [5, 5.41) is 8.69. The van der Waals surface area contributed by atoms with Gasteiger partial charge in [0, 0.05) is 12.1 Å². The van der Waals surface area contributed by atoms with Crippen LogP contribution >= 0.6 is 0 Å². The zero-order valence-electron chi connectivity index (χ0n) is 14.7. The second-order valence-corrected chi connectivity index (χ2v) is 6.79. The van der Waals surface area contributed by atoms with Gasteiger partial charge in [-0.25, -0.2) is 8.78 Å². The molecule has 0 bridgehead atoms. The molecule has 0 spiro atoms. The van der Waals surface area contributed by atoms with Crippen LogP contribution in [0.25, 0.3) is 0 Å². The summed E-state index contributed by atoms with van der Waals surface area (Å²) in [7, 11) is 0.